The lowest BCUT2D eigenvalue weighted by molar-refractivity contribution is -0.142. The molecule has 0 spiro atoms. The van der Waals surface area contributed by atoms with E-state index >= 15 is 0 Å². The largest absolute Gasteiger partial charge is 0.480 e. The second-order valence-corrected chi connectivity index (χ2v) is 7.72. The van der Waals surface area contributed by atoms with Crippen LogP contribution in [0.2, 0.25) is 0 Å². The number of guanidine groups is 2. The SMILES string of the molecule is N=C(N)NCCC[C@H](NC(=O)[C@@H](N)CCCNC(=N)N)C(=O)N[C@@H](Cc1ccccc1)C(=O)O. The number of rotatable bonds is 15. The Morgan fingerprint density at radius 2 is 1.38 bits per heavy atom. The molecule has 2 amide bonds. The van der Waals surface area contributed by atoms with E-state index in [0.29, 0.717) is 25.9 Å². The molecule has 0 unspecified atom stereocenters. The first-order valence-corrected chi connectivity index (χ1v) is 10.9. The topological polar surface area (TPSA) is 245 Å². The van der Waals surface area contributed by atoms with Crippen molar-refractivity contribution in [1.29, 1.82) is 10.8 Å². The number of aliphatic carboxylic acids is 1. The number of carbonyl (C=O) groups is 3. The van der Waals surface area contributed by atoms with Gasteiger partial charge in [0.05, 0.1) is 6.04 Å². The molecule has 34 heavy (non-hydrogen) atoms. The van der Waals surface area contributed by atoms with Crippen LogP contribution in [-0.4, -0.2) is 66.0 Å². The highest BCUT2D eigenvalue weighted by atomic mass is 16.4. The molecular weight excluding hydrogens is 442 g/mol. The van der Waals surface area contributed by atoms with E-state index < -0.39 is 35.9 Å². The number of nitrogens with one attached hydrogen (secondary N) is 6. The first kappa shape index (κ1) is 28.2. The van der Waals surface area contributed by atoms with E-state index in [0.717, 1.165) is 5.56 Å². The third-order valence-electron chi connectivity index (χ3n) is 4.86. The van der Waals surface area contributed by atoms with Gasteiger partial charge in [0.1, 0.15) is 12.1 Å². The fraction of sp³-hybridized carbons (Fsp3) is 0.476. The Labute approximate surface area is 198 Å². The molecule has 3 atom stereocenters. The predicted molar refractivity (Wildman–Crippen MR) is 128 cm³/mol. The van der Waals surface area contributed by atoms with Crippen molar-refractivity contribution < 1.29 is 19.5 Å². The maximum atomic E-state index is 12.9. The number of hydrogen-bond acceptors (Lipinski definition) is 6. The summed E-state index contributed by atoms with van der Waals surface area (Å²) < 4.78 is 0. The number of amides is 2. The second kappa shape index (κ2) is 15.1. The van der Waals surface area contributed by atoms with Crippen molar-refractivity contribution in [3.63, 3.8) is 0 Å². The molecule has 0 aliphatic carbocycles. The molecule has 0 bridgehead atoms. The van der Waals surface area contributed by atoms with Gasteiger partial charge >= 0.3 is 5.97 Å². The molecule has 188 valence electrons. The lowest BCUT2D eigenvalue weighted by Crippen LogP contribution is -2.55. The molecule has 0 aliphatic rings. The molecule has 1 aromatic rings. The Bertz CT molecular complexity index is 835. The van der Waals surface area contributed by atoms with Crippen molar-refractivity contribution in [2.45, 2.75) is 50.2 Å². The standard InChI is InChI=1S/C21H35N9O4/c22-14(8-4-10-27-20(23)24)17(31)29-15(9-5-11-28-21(25)26)18(32)30-16(19(33)34)12-13-6-2-1-3-7-13/h1-3,6-7,14-16H,4-5,8-12,22H2,(H,29,31)(H,30,32)(H,33,34)(H4,23,24,27)(H4,25,26,28)/t14-,15-,16-/m0/s1. The summed E-state index contributed by atoms with van der Waals surface area (Å²) in [4.78, 5) is 37.2. The molecule has 13 heteroatoms. The number of carbonyl (C=O) groups excluding carboxylic acids is 2. The normalized spacial score (nSPS) is 13.1. The van der Waals surface area contributed by atoms with Crippen molar-refractivity contribution in [2.24, 2.45) is 17.2 Å². The molecule has 1 rings (SSSR count). The number of carboxylic acid groups (broad SMARTS) is 1. The van der Waals surface area contributed by atoms with Crippen LogP contribution in [0.5, 0.6) is 0 Å². The van der Waals surface area contributed by atoms with Gasteiger partial charge in [-0.25, -0.2) is 4.79 Å². The van der Waals surface area contributed by atoms with Gasteiger partial charge in [-0.05, 0) is 31.2 Å². The minimum Gasteiger partial charge on any atom is -0.480 e. The number of benzene rings is 1. The Morgan fingerprint density at radius 1 is 0.853 bits per heavy atom. The Balaban J connectivity index is 2.78. The Morgan fingerprint density at radius 3 is 1.91 bits per heavy atom. The molecule has 0 radical (unpaired) electrons. The molecule has 0 fully saturated rings. The number of carboxylic acids is 1. The predicted octanol–water partition coefficient (Wildman–Crippen LogP) is -1.86. The van der Waals surface area contributed by atoms with Crippen LogP contribution in [-0.2, 0) is 20.8 Å². The lowest BCUT2D eigenvalue weighted by atomic mass is 10.0. The van der Waals surface area contributed by atoms with Gasteiger partial charge in [0.15, 0.2) is 11.9 Å². The summed E-state index contributed by atoms with van der Waals surface area (Å²) in [5.41, 5.74) is 17.1. The van der Waals surface area contributed by atoms with Crippen LogP contribution < -0.4 is 38.5 Å². The summed E-state index contributed by atoms with van der Waals surface area (Å²) in [5, 5.41) is 34.2. The first-order valence-electron chi connectivity index (χ1n) is 10.9. The van der Waals surface area contributed by atoms with Crippen LogP contribution in [0.4, 0.5) is 0 Å². The molecular formula is C21H35N9O4. The monoisotopic (exact) mass is 477 g/mol. The Kier molecular flexibility index (Phi) is 12.5. The molecule has 13 N–H and O–H groups in total. The molecule has 0 heterocycles. The van der Waals surface area contributed by atoms with E-state index in [4.69, 9.17) is 28.0 Å². The van der Waals surface area contributed by atoms with Crippen molar-refractivity contribution in [1.82, 2.24) is 21.3 Å². The molecule has 1 aromatic carbocycles. The van der Waals surface area contributed by atoms with Crippen molar-refractivity contribution in [2.75, 3.05) is 13.1 Å². The van der Waals surface area contributed by atoms with E-state index in [1.165, 1.54) is 0 Å². The van der Waals surface area contributed by atoms with Crippen LogP contribution >= 0.6 is 0 Å². The molecule has 13 nitrogen and oxygen atoms in total. The van der Waals surface area contributed by atoms with Crippen molar-refractivity contribution in [3.05, 3.63) is 35.9 Å². The van der Waals surface area contributed by atoms with Crippen molar-refractivity contribution >= 4 is 29.7 Å². The summed E-state index contributed by atoms with van der Waals surface area (Å²) in [6, 6.07) is 5.75. The smallest absolute Gasteiger partial charge is 0.326 e. The molecule has 0 aromatic heterocycles. The first-order chi connectivity index (χ1) is 16.1. The van der Waals surface area contributed by atoms with E-state index in [1.807, 2.05) is 0 Å². The van der Waals surface area contributed by atoms with Gasteiger partial charge in [0.25, 0.3) is 0 Å². The average Bonchev–Trinajstić information content (AvgIpc) is 2.78. The van der Waals surface area contributed by atoms with E-state index in [9.17, 15) is 19.5 Å². The summed E-state index contributed by atoms with van der Waals surface area (Å²) in [6.45, 7) is 0.668. The Hall–Kier alpha value is -3.87. The van der Waals surface area contributed by atoms with Gasteiger partial charge in [0.2, 0.25) is 11.8 Å². The summed E-state index contributed by atoms with van der Waals surface area (Å²) >= 11 is 0. The van der Waals surface area contributed by atoms with Crippen LogP contribution in [0, 0.1) is 10.8 Å². The van der Waals surface area contributed by atoms with Gasteiger partial charge in [-0.3, -0.25) is 20.4 Å². The van der Waals surface area contributed by atoms with Crippen LogP contribution in [0.15, 0.2) is 30.3 Å². The van der Waals surface area contributed by atoms with Gasteiger partial charge < -0.3 is 43.6 Å². The summed E-state index contributed by atoms with van der Waals surface area (Å²) in [7, 11) is 0. The van der Waals surface area contributed by atoms with Gasteiger partial charge in [-0.2, -0.15) is 0 Å². The van der Waals surface area contributed by atoms with Crippen molar-refractivity contribution in [3.8, 4) is 0 Å². The fourth-order valence-electron chi connectivity index (χ4n) is 3.08. The minimum atomic E-state index is -1.20. The maximum absolute atomic E-state index is 12.9. The fourth-order valence-corrected chi connectivity index (χ4v) is 3.08. The van der Waals surface area contributed by atoms with Gasteiger partial charge in [0, 0.05) is 19.5 Å². The number of nitrogens with two attached hydrogens (primary N) is 3. The van der Waals surface area contributed by atoms with Crippen LogP contribution in [0.3, 0.4) is 0 Å². The lowest BCUT2D eigenvalue weighted by Gasteiger charge is -2.23. The second-order valence-electron chi connectivity index (χ2n) is 7.72. The quantitative estimate of drug-likeness (QED) is 0.0771. The van der Waals surface area contributed by atoms with Crippen LogP contribution in [0.1, 0.15) is 31.2 Å². The molecule has 0 saturated carbocycles. The number of hydrogen-bond donors (Lipinski definition) is 10. The van der Waals surface area contributed by atoms with E-state index in [2.05, 4.69) is 21.3 Å². The zero-order valence-corrected chi connectivity index (χ0v) is 19.0. The highest BCUT2D eigenvalue weighted by Crippen LogP contribution is 2.06. The zero-order chi connectivity index (χ0) is 25.5. The van der Waals surface area contributed by atoms with Gasteiger partial charge in [-0.1, -0.05) is 30.3 Å². The highest BCUT2D eigenvalue weighted by molar-refractivity contribution is 5.91. The van der Waals surface area contributed by atoms with Gasteiger partial charge in [-0.15, -0.1) is 0 Å². The summed E-state index contributed by atoms with van der Waals surface area (Å²) in [5.74, 6) is -2.81. The van der Waals surface area contributed by atoms with Crippen LogP contribution in [0.25, 0.3) is 0 Å². The summed E-state index contributed by atoms with van der Waals surface area (Å²) in [6.07, 6.45) is 1.40. The van der Waals surface area contributed by atoms with E-state index in [-0.39, 0.29) is 31.2 Å². The average molecular weight is 478 g/mol. The third kappa shape index (κ3) is 11.7. The van der Waals surface area contributed by atoms with E-state index in [1.54, 1.807) is 30.3 Å². The molecule has 0 saturated heterocycles. The maximum Gasteiger partial charge on any atom is 0.326 e. The molecule has 0 aliphatic heterocycles. The zero-order valence-electron chi connectivity index (χ0n) is 19.0. The third-order valence-corrected chi connectivity index (χ3v) is 4.86. The highest BCUT2D eigenvalue weighted by Gasteiger charge is 2.27. The minimum absolute atomic E-state index is 0.0805.